The van der Waals surface area contributed by atoms with Crippen LogP contribution in [0.2, 0.25) is 0 Å². The molecule has 1 atom stereocenters. The van der Waals surface area contributed by atoms with E-state index in [4.69, 9.17) is 14.6 Å². The molecule has 1 unspecified atom stereocenters. The summed E-state index contributed by atoms with van der Waals surface area (Å²) in [4.78, 5) is 22.2. The van der Waals surface area contributed by atoms with Crippen molar-refractivity contribution in [3.63, 3.8) is 0 Å². The molecule has 1 amide bonds. The summed E-state index contributed by atoms with van der Waals surface area (Å²) < 4.78 is 10.9. The molecule has 0 saturated carbocycles. The fraction of sp³-hybridized carbons (Fsp3) is 0.208. The quantitative estimate of drug-likeness (QED) is 0.373. The second-order valence-corrected chi connectivity index (χ2v) is 9.36. The molecule has 9 heteroatoms. The number of nitrogens with one attached hydrogen (secondary N) is 1. The van der Waals surface area contributed by atoms with Crippen LogP contribution in [0.25, 0.3) is 11.0 Å². The van der Waals surface area contributed by atoms with Gasteiger partial charge in [-0.05, 0) is 41.3 Å². The Kier molecular flexibility index (Phi) is 6.06. The Labute approximate surface area is 199 Å². The van der Waals surface area contributed by atoms with E-state index in [1.54, 1.807) is 30.6 Å². The predicted octanol–water partition coefficient (Wildman–Crippen LogP) is 5.11. The van der Waals surface area contributed by atoms with Gasteiger partial charge >= 0.3 is 0 Å². The lowest BCUT2D eigenvalue weighted by Gasteiger charge is -2.22. The van der Waals surface area contributed by atoms with Crippen molar-refractivity contribution >= 4 is 45.8 Å². The topological polar surface area (TPSA) is 79.8 Å². The minimum absolute atomic E-state index is 0.0770. The highest BCUT2D eigenvalue weighted by atomic mass is 32.2. The van der Waals surface area contributed by atoms with Crippen LogP contribution in [-0.4, -0.2) is 46.6 Å². The van der Waals surface area contributed by atoms with Crippen LogP contribution in [0, 0.1) is 0 Å². The lowest BCUT2D eigenvalue weighted by Crippen LogP contribution is -2.28. The van der Waals surface area contributed by atoms with E-state index in [2.05, 4.69) is 9.97 Å². The maximum Gasteiger partial charge on any atom is 0.253 e. The number of benzene rings is 2. The number of fused-ring (bicyclic) bond motifs is 1. The Balaban J connectivity index is 1.40. The van der Waals surface area contributed by atoms with E-state index in [0.29, 0.717) is 23.1 Å². The number of thiophene rings is 1. The standard InChI is InChI=1S/C24H22N4O3S2/c1-30-20-10-9-15(12-21(20)31-2)19-13-18(22-8-5-11-32-22)27-28(19)23(29)14-33-24-25-16-6-3-4-7-17(16)26-24/h3-12,19H,13-14H2,1-2H3,(H,25,26). The van der Waals surface area contributed by atoms with Crippen LogP contribution in [0.15, 0.2) is 70.2 Å². The molecule has 0 aliphatic carbocycles. The molecular formula is C24H22N4O3S2. The zero-order chi connectivity index (χ0) is 22.8. The van der Waals surface area contributed by atoms with E-state index in [9.17, 15) is 4.79 Å². The number of H-pyrrole nitrogens is 1. The molecular weight excluding hydrogens is 456 g/mol. The lowest BCUT2D eigenvalue weighted by atomic mass is 10.0. The highest BCUT2D eigenvalue weighted by molar-refractivity contribution is 7.99. The number of carbonyl (C=O) groups is 1. The van der Waals surface area contributed by atoms with Crippen LogP contribution >= 0.6 is 23.1 Å². The average Bonchev–Trinajstić information content (AvgIpc) is 3.60. The third-order valence-electron chi connectivity index (χ3n) is 5.46. The zero-order valence-electron chi connectivity index (χ0n) is 18.1. The van der Waals surface area contributed by atoms with Crippen molar-refractivity contribution < 1.29 is 14.3 Å². The zero-order valence-corrected chi connectivity index (χ0v) is 19.8. The molecule has 2 aromatic heterocycles. The summed E-state index contributed by atoms with van der Waals surface area (Å²) in [5.74, 6) is 1.43. The molecule has 0 radical (unpaired) electrons. The van der Waals surface area contributed by atoms with Crippen molar-refractivity contribution in [1.82, 2.24) is 15.0 Å². The Hall–Kier alpha value is -3.30. The molecule has 33 heavy (non-hydrogen) atoms. The lowest BCUT2D eigenvalue weighted by molar-refractivity contribution is -0.130. The number of aromatic amines is 1. The van der Waals surface area contributed by atoms with Gasteiger partial charge in [0.05, 0.1) is 47.6 Å². The second kappa shape index (κ2) is 9.29. The van der Waals surface area contributed by atoms with Gasteiger partial charge < -0.3 is 14.5 Å². The molecule has 7 nitrogen and oxygen atoms in total. The normalized spacial score (nSPS) is 15.6. The number of imidazole rings is 1. The summed E-state index contributed by atoms with van der Waals surface area (Å²) in [6.07, 6.45) is 0.636. The first-order chi connectivity index (χ1) is 16.2. The fourth-order valence-corrected chi connectivity index (χ4v) is 5.30. The highest BCUT2D eigenvalue weighted by Gasteiger charge is 2.34. The molecule has 5 rings (SSSR count). The van der Waals surface area contributed by atoms with Crippen LogP contribution in [0.4, 0.5) is 0 Å². The number of aromatic nitrogens is 2. The molecule has 1 aliphatic rings. The van der Waals surface area contributed by atoms with Gasteiger partial charge in [0, 0.05) is 6.42 Å². The minimum atomic E-state index is -0.217. The molecule has 0 fully saturated rings. The number of hydrazone groups is 1. The van der Waals surface area contributed by atoms with E-state index in [0.717, 1.165) is 27.2 Å². The van der Waals surface area contributed by atoms with E-state index < -0.39 is 0 Å². The number of ether oxygens (including phenoxy) is 2. The third-order valence-corrected chi connectivity index (χ3v) is 7.24. The summed E-state index contributed by atoms with van der Waals surface area (Å²) in [6, 6.07) is 17.4. The van der Waals surface area contributed by atoms with Crippen molar-refractivity contribution in [3.8, 4) is 11.5 Å². The Morgan fingerprint density at radius 2 is 2.00 bits per heavy atom. The van der Waals surface area contributed by atoms with E-state index in [1.165, 1.54) is 11.8 Å². The Morgan fingerprint density at radius 3 is 2.76 bits per heavy atom. The number of methoxy groups -OCH3 is 2. The largest absolute Gasteiger partial charge is 0.493 e. The van der Waals surface area contributed by atoms with Crippen LogP contribution in [0.5, 0.6) is 11.5 Å². The number of hydrogen-bond donors (Lipinski definition) is 1. The number of para-hydroxylation sites is 2. The molecule has 2 aromatic carbocycles. The summed E-state index contributed by atoms with van der Waals surface area (Å²) in [5, 5.41) is 9.07. The first kappa shape index (κ1) is 21.5. The van der Waals surface area contributed by atoms with Crippen molar-refractivity contribution in [2.75, 3.05) is 20.0 Å². The van der Waals surface area contributed by atoms with E-state index in [1.807, 2.05) is 60.0 Å². The molecule has 1 aliphatic heterocycles. The van der Waals surface area contributed by atoms with Gasteiger partial charge in [0.15, 0.2) is 16.7 Å². The molecule has 168 valence electrons. The molecule has 0 spiro atoms. The number of thioether (sulfide) groups is 1. The predicted molar refractivity (Wildman–Crippen MR) is 131 cm³/mol. The van der Waals surface area contributed by atoms with Gasteiger partial charge in [-0.2, -0.15) is 5.10 Å². The van der Waals surface area contributed by atoms with Crippen LogP contribution in [-0.2, 0) is 4.79 Å². The van der Waals surface area contributed by atoms with Crippen molar-refractivity contribution in [2.24, 2.45) is 5.10 Å². The maximum atomic E-state index is 13.3. The third kappa shape index (κ3) is 4.34. The van der Waals surface area contributed by atoms with Gasteiger partial charge in [-0.3, -0.25) is 4.79 Å². The maximum absolute atomic E-state index is 13.3. The number of rotatable bonds is 7. The van der Waals surface area contributed by atoms with Gasteiger partial charge in [-0.15, -0.1) is 11.3 Å². The first-order valence-corrected chi connectivity index (χ1v) is 12.3. The fourth-order valence-electron chi connectivity index (χ4n) is 3.85. The number of amides is 1. The number of carbonyl (C=O) groups excluding carboxylic acids is 1. The van der Waals surface area contributed by atoms with Crippen molar-refractivity contribution in [2.45, 2.75) is 17.6 Å². The summed E-state index contributed by atoms with van der Waals surface area (Å²) in [7, 11) is 3.22. The Bertz CT molecular complexity index is 1280. The smallest absolute Gasteiger partial charge is 0.253 e. The van der Waals surface area contributed by atoms with Gasteiger partial charge in [0.2, 0.25) is 0 Å². The molecule has 1 N–H and O–H groups in total. The van der Waals surface area contributed by atoms with Crippen LogP contribution < -0.4 is 9.47 Å². The monoisotopic (exact) mass is 478 g/mol. The van der Waals surface area contributed by atoms with Gasteiger partial charge in [0.1, 0.15) is 0 Å². The summed E-state index contributed by atoms with van der Waals surface area (Å²) in [6.45, 7) is 0. The van der Waals surface area contributed by atoms with Crippen molar-refractivity contribution in [1.29, 1.82) is 0 Å². The summed E-state index contributed by atoms with van der Waals surface area (Å²) >= 11 is 3.01. The minimum Gasteiger partial charge on any atom is -0.493 e. The average molecular weight is 479 g/mol. The molecule has 4 aromatic rings. The van der Waals surface area contributed by atoms with Crippen molar-refractivity contribution in [3.05, 3.63) is 70.4 Å². The van der Waals surface area contributed by atoms with Gasteiger partial charge in [-0.25, -0.2) is 9.99 Å². The van der Waals surface area contributed by atoms with E-state index in [-0.39, 0.29) is 17.7 Å². The molecule has 0 bridgehead atoms. The molecule has 0 saturated heterocycles. The van der Waals surface area contributed by atoms with E-state index >= 15 is 0 Å². The Morgan fingerprint density at radius 1 is 1.15 bits per heavy atom. The summed E-state index contributed by atoms with van der Waals surface area (Å²) in [5.41, 5.74) is 3.70. The number of hydrogen-bond acceptors (Lipinski definition) is 7. The van der Waals surface area contributed by atoms with Gasteiger partial charge in [0.25, 0.3) is 5.91 Å². The second-order valence-electron chi connectivity index (χ2n) is 7.44. The highest BCUT2D eigenvalue weighted by Crippen LogP contribution is 2.38. The number of nitrogens with zero attached hydrogens (tertiary/aromatic N) is 3. The van der Waals surface area contributed by atoms with Gasteiger partial charge in [-0.1, -0.05) is 36.0 Å². The molecule has 3 heterocycles. The van der Waals surface area contributed by atoms with Crippen LogP contribution in [0.3, 0.4) is 0 Å². The van der Waals surface area contributed by atoms with Crippen LogP contribution in [0.1, 0.15) is 22.9 Å². The first-order valence-electron chi connectivity index (χ1n) is 10.4. The SMILES string of the molecule is COc1ccc(C2CC(c3cccs3)=NN2C(=O)CSc2nc3ccccc3[nH]2)cc1OC.